The zero-order valence-electron chi connectivity index (χ0n) is 10.1. The molecule has 2 N–H and O–H groups in total. The first kappa shape index (κ1) is 11.7. The number of hydrogen-bond donors (Lipinski definition) is 2. The number of aromatic amines is 1. The third kappa shape index (κ3) is 1.85. The highest BCUT2D eigenvalue weighted by atomic mass is 19.1. The average molecular weight is 261 g/mol. The number of carbonyl (C=O) groups excluding carboxylic acids is 1. The second-order valence-corrected chi connectivity index (χ2v) is 4.43. The van der Waals surface area contributed by atoms with Crippen LogP contribution in [0.3, 0.4) is 0 Å². The largest absolute Gasteiger partial charge is 0.507 e. The van der Waals surface area contributed by atoms with Crippen molar-refractivity contribution in [2.24, 2.45) is 0 Å². The molecule has 0 radical (unpaired) electrons. The quantitative estimate of drug-likeness (QED) is 0.823. The van der Waals surface area contributed by atoms with E-state index in [4.69, 9.17) is 0 Å². The molecule has 98 valence electrons. The molecule has 0 saturated heterocycles. The van der Waals surface area contributed by atoms with E-state index in [1.54, 1.807) is 6.20 Å². The van der Waals surface area contributed by atoms with Crippen LogP contribution in [0.5, 0.6) is 5.75 Å². The van der Waals surface area contributed by atoms with Gasteiger partial charge in [0.1, 0.15) is 17.1 Å². The van der Waals surface area contributed by atoms with Crippen LogP contribution in [0.4, 0.5) is 10.1 Å². The van der Waals surface area contributed by atoms with Gasteiger partial charge in [-0.3, -0.25) is 9.89 Å². The van der Waals surface area contributed by atoms with Gasteiger partial charge in [0, 0.05) is 6.54 Å². The lowest BCUT2D eigenvalue weighted by atomic mass is 10.1. The zero-order valence-corrected chi connectivity index (χ0v) is 10.1. The Bertz CT molecular complexity index is 618. The molecule has 1 aliphatic rings. The van der Waals surface area contributed by atoms with Crippen LogP contribution in [-0.2, 0) is 6.42 Å². The molecule has 1 aromatic carbocycles. The lowest BCUT2D eigenvalue weighted by molar-refractivity contribution is 0.0978. The molecule has 0 atom stereocenters. The van der Waals surface area contributed by atoms with Crippen LogP contribution in [0.15, 0.2) is 24.4 Å². The Morgan fingerprint density at radius 2 is 2.32 bits per heavy atom. The highest BCUT2D eigenvalue weighted by Crippen LogP contribution is 2.29. The van der Waals surface area contributed by atoms with Crippen molar-refractivity contribution in [1.29, 1.82) is 0 Å². The first-order chi connectivity index (χ1) is 9.18. The Balaban J connectivity index is 2.03. The van der Waals surface area contributed by atoms with Gasteiger partial charge >= 0.3 is 0 Å². The van der Waals surface area contributed by atoms with Gasteiger partial charge in [-0.2, -0.15) is 5.10 Å². The minimum absolute atomic E-state index is 0.295. The van der Waals surface area contributed by atoms with Crippen LogP contribution >= 0.6 is 0 Å². The number of carbonyl (C=O) groups is 1. The van der Waals surface area contributed by atoms with Gasteiger partial charge in [-0.15, -0.1) is 0 Å². The van der Waals surface area contributed by atoms with Crippen molar-refractivity contribution in [2.45, 2.75) is 12.8 Å². The number of H-pyrrole nitrogens is 1. The van der Waals surface area contributed by atoms with Crippen LogP contribution in [0.2, 0.25) is 0 Å². The van der Waals surface area contributed by atoms with E-state index >= 15 is 0 Å². The lowest BCUT2D eigenvalue weighted by Gasteiger charge is -2.26. The molecular formula is C13H12FN3O2. The van der Waals surface area contributed by atoms with Gasteiger partial charge in [0.05, 0.1) is 17.6 Å². The number of benzene rings is 1. The van der Waals surface area contributed by atoms with Gasteiger partial charge < -0.3 is 10.0 Å². The van der Waals surface area contributed by atoms with E-state index in [0.717, 1.165) is 24.6 Å². The minimum atomic E-state index is -0.722. The van der Waals surface area contributed by atoms with Crippen LogP contribution in [0, 0.1) is 5.82 Å². The molecule has 0 saturated carbocycles. The second-order valence-electron chi connectivity index (χ2n) is 4.43. The number of aromatic hydroxyl groups is 1. The van der Waals surface area contributed by atoms with Crippen LogP contribution in [-0.4, -0.2) is 27.8 Å². The van der Waals surface area contributed by atoms with Crippen molar-refractivity contribution in [1.82, 2.24) is 10.2 Å². The van der Waals surface area contributed by atoms with E-state index in [1.807, 2.05) is 0 Å². The molecule has 3 rings (SSSR count). The summed E-state index contributed by atoms with van der Waals surface area (Å²) in [5.74, 6) is -1.61. The molecule has 0 aliphatic carbocycles. The van der Waals surface area contributed by atoms with Gasteiger partial charge in [0.15, 0.2) is 0 Å². The van der Waals surface area contributed by atoms with Gasteiger partial charge in [0.25, 0.3) is 5.91 Å². The molecule has 1 aromatic heterocycles. The number of nitrogens with zero attached hydrogens (tertiary/aromatic N) is 2. The number of hydrogen-bond acceptors (Lipinski definition) is 3. The Morgan fingerprint density at radius 3 is 3.11 bits per heavy atom. The number of nitrogens with one attached hydrogen (secondary N) is 1. The van der Waals surface area contributed by atoms with E-state index in [2.05, 4.69) is 10.2 Å². The highest BCUT2D eigenvalue weighted by molar-refractivity contribution is 6.08. The number of anilines is 1. The third-order valence-electron chi connectivity index (χ3n) is 3.25. The number of phenolic OH excluding ortho intramolecular Hbond substituents is 1. The maximum atomic E-state index is 13.7. The molecule has 6 heteroatoms. The Labute approximate surface area is 108 Å². The molecular weight excluding hydrogens is 249 g/mol. The molecule has 1 aliphatic heterocycles. The number of fused-ring (bicyclic) bond motifs is 1. The number of rotatable bonds is 1. The number of halogens is 1. The minimum Gasteiger partial charge on any atom is -0.507 e. The van der Waals surface area contributed by atoms with E-state index in [1.165, 1.54) is 17.0 Å². The molecule has 0 spiro atoms. The fourth-order valence-electron chi connectivity index (χ4n) is 2.33. The predicted molar refractivity (Wildman–Crippen MR) is 66.7 cm³/mol. The molecule has 0 unspecified atom stereocenters. The second kappa shape index (κ2) is 4.38. The third-order valence-corrected chi connectivity index (χ3v) is 3.25. The Hall–Kier alpha value is -2.37. The fourth-order valence-corrected chi connectivity index (χ4v) is 2.33. The van der Waals surface area contributed by atoms with E-state index in [-0.39, 0.29) is 11.3 Å². The first-order valence-corrected chi connectivity index (χ1v) is 6.00. The fraction of sp³-hybridized carbons (Fsp3) is 0.231. The van der Waals surface area contributed by atoms with Crippen molar-refractivity contribution in [3.63, 3.8) is 0 Å². The SMILES string of the molecule is O=C(c1c(O)cccc1F)N1CCCc2[nH]ncc21. The number of aryl methyl sites for hydroxylation is 1. The molecule has 2 aromatic rings. The van der Waals surface area contributed by atoms with Crippen LogP contribution < -0.4 is 4.90 Å². The topological polar surface area (TPSA) is 69.2 Å². The molecule has 2 heterocycles. The van der Waals surface area contributed by atoms with Crippen LogP contribution in [0.25, 0.3) is 0 Å². The van der Waals surface area contributed by atoms with Crippen molar-refractivity contribution >= 4 is 11.6 Å². The van der Waals surface area contributed by atoms with Crippen molar-refractivity contribution < 1.29 is 14.3 Å². The summed E-state index contributed by atoms with van der Waals surface area (Å²) in [7, 11) is 0. The van der Waals surface area contributed by atoms with E-state index in [9.17, 15) is 14.3 Å². The van der Waals surface area contributed by atoms with Crippen molar-refractivity contribution in [3.8, 4) is 5.75 Å². The molecule has 5 nitrogen and oxygen atoms in total. The normalized spacial score (nSPS) is 14.3. The smallest absolute Gasteiger partial charge is 0.265 e. The lowest BCUT2D eigenvalue weighted by Crippen LogP contribution is -2.35. The maximum absolute atomic E-state index is 13.7. The van der Waals surface area contributed by atoms with Gasteiger partial charge in [0.2, 0.25) is 0 Å². The molecule has 0 bridgehead atoms. The summed E-state index contributed by atoms with van der Waals surface area (Å²) in [6.07, 6.45) is 3.13. The summed E-state index contributed by atoms with van der Waals surface area (Å²) < 4.78 is 13.7. The molecule has 19 heavy (non-hydrogen) atoms. The summed E-state index contributed by atoms with van der Waals surface area (Å²) >= 11 is 0. The van der Waals surface area contributed by atoms with E-state index in [0.29, 0.717) is 12.2 Å². The summed E-state index contributed by atoms with van der Waals surface area (Å²) in [5, 5.41) is 16.4. The summed E-state index contributed by atoms with van der Waals surface area (Å²) in [6.45, 7) is 0.485. The number of aromatic nitrogens is 2. The van der Waals surface area contributed by atoms with Crippen LogP contribution in [0.1, 0.15) is 22.5 Å². The highest BCUT2D eigenvalue weighted by Gasteiger charge is 2.28. The Kier molecular flexibility index (Phi) is 2.70. The van der Waals surface area contributed by atoms with Crippen molar-refractivity contribution in [3.05, 3.63) is 41.5 Å². The van der Waals surface area contributed by atoms with E-state index < -0.39 is 11.7 Å². The summed E-state index contributed by atoms with van der Waals surface area (Å²) in [5.41, 5.74) is 1.21. The molecule has 1 amide bonds. The van der Waals surface area contributed by atoms with Gasteiger partial charge in [-0.1, -0.05) is 6.07 Å². The average Bonchev–Trinajstić information content (AvgIpc) is 2.86. The number of amides is 1. The molecule has 0 fully saturated rings. The summed E-state index contributed by atoms with van der Waals surface area (Å²) in [4.78, 5) is 13.8. The monoisotopic (exact) mass is 261 g/mol. The van der Waals surface area contributed by atoms with Crippen molar-refractivity contribution in [2.75, 3.05) is 11.4 Å². The van der Waals surface area contributed by atoms with Gasteiger partial charge in [-0.05, 0) is 25.0 Å². The maximum Gasteiger partial charge on any atom is 0.265 e. The predicted octanol–water partition coefficient (Wildman–Crippen LogP) is 1.85. The Morgan fingerprint density at radius 1 is 1.47 bits per heavy atom. The summed E-state index contributed by atoms with van der Waals surface area (Å²) in [6, 6.07) is 3.82. The van der Waals surface area contributed by atoms with Gasteiger partial charge in [-0.25, -0.2) is 4.39 Å². The standard InChI is InChI=1S/C13H12FN3O2/c14-8-3-1-5-11(18)12(8)13(19)17-6-2-4-9-10(17)7-15-16-9/h1,3,5,7,18H,2,4,6H2,(H,15,16). The zero-order chi connectivity index (χ0) is 13.4. The first-order valence-electron chi connectivity index (χ1n) is 6.00. The number of phenols is 1.